The normalized spacial score (nSPS) is 27.3. The largest absolute Gasteiger partial charge is 0.311 e. The van der Waals surface area contributed by atoms with E-state index < -0.39 is 0 Å². The summed E-state index contributed by atoms with van der Waals surface area (Å²) in [5, 5.41) is 8.46. The third kappa shape index (κ3) is 3.02. The summed E-state index contributed by atoms with van der Waals surface area (Å²) in [4.78, 5) is 2.75. The zero-order valence-corrected chi connectivity index (χ0v) is 13.8. The van der Waals surface area contributed by atoms with E-state index in [2.05, 4.69) is 41.4 Å². The maximum atomic E-state index is 4.60. The molecule has 0 bridgehead atoms. The van der Waals surface area contributed by atoms with Crippen molar-refractivity contribution in [1.82, 2.24) is 20.0 Å². The Balaban J connectivity index is 1.76. The number of aryl methyl sites for hydroxylation is 1. The lowest BCUT2D eigenvalue weighted by Gasteiger charge is -2.49. The minimum atomic E-state index is 0.390. The summed E-state index contributed by atoms with van der Waals surface area (Å²) in [6.45, 7) is 8.02. The van der Waals surface area contributed by atoms with Crippen molar-refractivity contribution in [2.24, 2.45) is 13.0 Å². The van der Waals surface area contributed by atoms with Crippen LogP contribution in [-0.4, -0.2) is 39.4 Å². The fraction of sp³-hybridized carbons (Fsp3) is 0.824. The van der Waals surface area contributed by atoms with E-state index in [9.17, 15) is 0 Å². The van der Waals surface area contributed by atoms with Crippen molar-refractivity contribution < 1.29 is 0 Å². The molecular formula is C17H30N4. The molecule has 1 saturated heterocycles. The zero-order chi connectivity index (χ0) is 14.9. The molecule has 1 aliphatic carbocycles. The minimum Gasteiger partial charge on any atom is -0.311 e. The second kappa shape index (κ2) is 6.09. The van der Waals surface area contributed by atoms with Crippen LogP contribution in [0.2, 0.25) is 0 Å². The molecule has 1 aromatic heterocycles. The Kier molecular flexibility index (Phi) is 4.36. The van der Waals surface area contributed by atoms with Gasteiger partial charge < -0.3 is 5.32 Å². The first-order valence-corrected chi connectivity index (χ1v) is 8.60. The predicted octanol–water partition coefficient (Wildman–Crippen LogP) is 2.55. The van der Waals surface area contributed by atoms with E-state index in [1.54, 1.807) is 0 Å². The van der Waals surface area contributed by atoms with Crippen LogP contribution in [0.3, 0.4) is 0 Å². The standard InChI is InChI=1S/C17H30N4/c1-4-14(2)16-12-21(11-15-7-10-20(3)19-15)17(13-18-16)8-5-6-9-17/h7,10,14,16,18H,4-6,8-9,11-13H2,1-3H3. The second-order valence-electron chi connectivity index (χ2n) is 7.17. The van der Waals surface area contributed by atoms with Gasteiger partial charge >= 0.3 is 0 Å². The van der Waals surface area contributed by atoms with Crippen LogP contribution in [0.25, 0.3) is 0 Å². The number of aromatic nitrogens is 2. The maximum Gasteiger partial charge on any atom is 0.0764 e. The van der Waals surface area contributed by atoms with Gasteiger partial charge in [-0.3, -0.25) is 9.58 Å². The summed E-state index contributed by atoms with van der Waals surface area (Å²) in [6, 6.07) is 2.80. The van der Waals surface area contributed by atoms with E-state index in [0.29, 0.717) is 11.6 Å². The summed E-state index contributed by atoms with van der Waals surface area (Å²) >= 11 is 0. The van der Waals surface area contributed by atoms with Crippen molar-refractivity contribution in [3.05, 3.63) is 18.0 Å². The quantitative estimate of drug-likeness (QED) is 0.925. The van der Waals surface area contributed by atoms with Crippen LogP contribution in [0.1, 0.15) is 51.6 Å². The third-order valence-electron chi connectivity index (χ3n) is 5.77. The lowest BCUT2D eigenvalue weighted by atomic mass is 9.87. The topological polar surface area (TPSA) is 33.1 Å². The number of piperazine rings is 1. The highest BCUT2D eigenvalue weighted by Crippen LogP contribution is 2.38. The molecular weight excluding hydrogens is 260 g/mol. The van der Waals surface area contributed by atoms with Crippen LogP contribution in [0.4, 0.5) is 0 Å². The molecule has 1 spiro atoms. The van der Waals surface area contributed by atoms with Gasteiger partial charge in [0, 0.05) is 44.5 Å². The smallest absolute Gasteiger partial charge is 0.0764 e. The lowest BCUT2D eigenvalue weighted by molar-refractivity contribution is 0.0228. The molecule has 0 radical (unpaired) electrons. The van der Waals surface area contributed by atoms with Gasteiger partial charge in [-0.15, -0.1) is 0 Å². The number of hydrogen-bond donors (Lipinski definition) is 1. The highest BCUT2D eigenvalue weighted by Gasteiger charge is 2.44. The number of rotatable bonds is 4. The number of nitrogens with zero attached hydrogens (tertiary/aromatic N) is 3. The van der Waals surface area contributed by atoms with E-state index in [0.717, 1.165) is 19.0 Å². The zero-order valence-electron chi connectivity index (χ0n) is 13.8. The molecule has 2 unspecified atom stereocenters. The molecule has 2 fully saturated rings. The molecule has 118 valence electrons. The maximum absolute atomic E-state index is 4.60. The Morgan fingerprint density at radius 2 is 2.19 bits per heavy atom. The van der Waals surface area contributed by atoms with Crippen molar-refractivity contribution in [3.63, 3.8) is 0 Å². The van der Waals surface area contributed by atoms with E-state index in [1.165, 1.54) is 44.3 Å². The van der Waals surface area contributed by atoms with E-state index >= 15 is 0 Å². The summed E-state index contributed by atoms with van der Waals surface area (Å²) in [6.07, 6.45) is 8.77. The van der Waals surface area contributed by atoms with Crippen molar-refractivity contribution >= 4 is 0 Å². The lowest BCUT2D eigenvalue weighted by Crippen LogP contribution is -2.64. The first kappa shape index (κ1) is 15.0. The van der Waals surface area contributed by atoms with Gasteiger partial charge in [0.15, 0.2) is 0 Å². The Morgan fingerprint density at radius 3 is 2.81 bits per heavy atom. The van der Waals surface area contributed by atoms with Crippen LogP contribution in [0.5, 0.6) is 0 Å². The molecule has 4 heteroatoms. The average Bonchev–Trinajstić information content (AvgIpc) is 3.11. The Morgan fingerprint density at radius 1 is 1.43 bits per heavy atom. The first-order valence-electron chi connectivity index (χ1n) is 8.60. The molecule has 4 nitrogen and oxygen atoms in total. The second-order valence-corrected chi connectivity index (χ2v) is 7.17. The van der Waals surface area contributed by atoms with Gasteiger partial charge in [0.1, 0.15) is 0 Å². The van der Waals surface area contributed by atoms with Crippen LogP contribution in [0.15, 0.2) is 12.3 Å². The predicted molar refractivity (Wildman–Crippen MR) is 86.1 cm³/mol. The molecule has 1 N–H and O–H groups in total. The highest BCUT2D eigenvalue weighted by molar-refractivity contribution is 5.06. The summed E-state index contributed by atoms with van der Waals surface area (Å²) in [5.41, 5.74) is 1.61. The van der Waals surface area contributed by atoms with Gasteiger partial charge in [-0.25, -0.2) is 0 Å². The summed E-state index contributed by atoms with van der Waals surface area (Å²) in [5.74, 6) is 0.745. The Labute approximate surface area is 128 Å². The van der Waals surface area contributed by atoms with Crippen LogP contribution < -0.4 is 5.32 Å². The minimum absolute atomic E-state index is 0.390. The van der Waals surface area contributed by atoms with E-state index in [1.807, 2.05) is 11.7 Å². The first-order chi connectivity index (χ1) is 10.1. The number of nitrogens with one attached hydrogen (secondary N) is 1. The Hall–Kier alpha value is -0.870. The molecule has 1 aromatic rings. The molecule has 2 aliphatic rings. The Bertz CT molecular complexity index is 461. The van der Waals surface area contributed by atoms with Gasteiger partial charge in [0.05, 0.1) is 5.69 Å². The van der Waals surface area contributed by atoms with Crippen LogP contribution in [-0.2, 0) is 13.6 Å². The van der Waals surface area contributed by atoms with Crippen molar-refractivity contribution in [2.45, 2.75) is 64.1 Å². The van der Waals surface area contributed by atoms with E-state index in [4.69, 9.17) is 0 Å². The monoisotopic (exact) mass is 290 g/mol. The van der Waals surface area contributed by atoms with Gasteiger partial charge in [-0.05, 0) is 24.8 Å². The SMILES string of the molecule is CCC(C)C1CN(Cc2ccn(C)n2)C2(CCCC2)CN1. The molecule has 0 amide bonds. The fourth-order valence-corrected chi connectivity index (χ4v) is 4.10. The van der Waals surface area contributed by atoms with Gasteiger partial charge in [-0.1, -0.05) is 33.1 Å². The molecule has 3 rings (SSSR count). The van der Waals surface area contributed by atoms with Crippen molar-refractivity contribution in [3.8, 4) is 0 Å². The van der Waals surface area contributed by atoms with Crippen molar-refractivity contribution in [1.29, 1.82) is 0 Å². The van der Waals surface area contributed by atoms with Crippen LogP contribution in [0, 0.1) is 5.92 Å². The molecule has 1 aliphatic heterocycles. The molecule has 1 saturated carbocycles. The molecule has 0 aromatic carbocycles. The van der Waals surface area contributed by atoms with Crippen LogP contribution >= 0.6 is 0 Å². The van der Waals surface area contributed by atoms with Crippen molar-refractivity contribution in [2.75, 3.05) is 13.1 Å². The highest BCUT2D eigenvalue weighted by atomic mass is 15.3. The third-order valence-corrected chi connectivity index (χ3v) is 5.77. The molecule has 2 atom stereocenters. The fourth-order valence-electron chi connectivity index (χ4n) is 4.10. The van der Waals surface area contributed by atoms with Gasteiger partial charge in [0.25, 0.3) is 0 Å². The molecule has 2 heterocycles. The van der Waals surface area contributed by atoms with Gasteiger partial charge in [0.2, 0.25) is 0 Å². The van der Waals surface area contributed by atoms with E-state index in [-0.39, 0.29) is 0 Å². The summed E-state index contributed by atoms with van der Waals surface area (Å²) in [7, 11) is 2.01. The number of hydrogen-bond acceptors (Lipinski definition) is 3. The van der Waals surface area contributed by atoms with Gasteiger partial charge in [-0.2, -0.15) is 5.10 Å². The average molecular weight is 290 g/mol. The summed E-state index contributed by atoms with van der Waals surface area (Å²) < 4.78 is 1.92. The molecule has 21 heavy (non-hydrogen) atoms.